The fourth-order valence-corrected chi connectivity index (χ4v) is 4.87. The lowest BCUT2D eigenvalue weighted by atomic mass is 9.72. The third kappa shape index (κ3) is 3.71. The van der Waals surface area contributed by atoms with Gasteiger partial charge in [0.05, 0.1) is 5.60 Å². The van der Waals surface area contributed by atoms with Gasteiger partial charge in [0, 0.05) is 11.1 Å². The first-order valence-corrected chi connectivity index (χ1v) is 10.4. The van der Waals surface area contributed by atoms with Crippen LogP contribution in [0.15, 0.2) is 48.5 Å². The van der Waals surface area contributed by atoms with Gasteiger partial charge in [-0.25, -0.2) is 0 Å². The Hall–Kier alpha value is -1.97. The van der Waals surface area contributed by atoms with E-state index < -0.39 is 5.60 Å². The van der Waals surface area contributed by atoms with Gasteiger partial charge in [0.15, 0.2) is 5.78 Å². The molecule has 1 heterocycles. The molecule has 0 unspecified atom stereocenters. The molecule has 2 fully saturated rings. The van der Waals surface area contributed by atoms with Crippen LogP contribution in [0, 0.1) is 0 Å². The lowest BCUT2D eigenvalue weighted by Gasteiger charge is -2.37. The summed E-state index contributed by atoms with van der Waals surface area (Å²) in [6, 6.07) is 15.5. The summed E-state index contributed by atoms with van der Waals surface area (Å²) in [7, 11) is 0. The van der Waals surface area contributed by atoms with Crippen molar-refractivity contribution in [2.45, 2.75) is 56.5 Å². The first-order valence-electron chi connectivity index (χ1n) is 10.4. The number of aliphatic hydroxyl groups is 1. The highest BCUT2D eigenvalue weighted by atomic mass is 16.3. The maximum atomic E-state index is 13.4. The van der Waals surface area contributed by atoms with Crippen molar-refractivity contribution in [1.29, 1.82) is 0 Å². The Kier molecular flexibility index (Phi) is 5.42. The Bertz CT molecular complexity index is 787. The number of carbonyl (C=O) groups is 1. The molecule has 0 amide bonds. The number of nitrogens with one attached hydrogen (secondary N) is 1. The predicted octanol–water partition coefficient (Wildman–Crippen LogP) is 4.54. The summed E-state index contributed by atoms with van der Waals surface area (Å²) in [6.45, 7) is 1.94. The third-order valence-electron chi connectivity index (χ3n) is 6.32. The van der Waals surface area contributed by atoms with Gasteiger partial charge in [-0.3, -0.25) is 4.79 Å². The molecule has 142 valence electrons. The second-order valence-electron chi connectivity index (χ2n) is 8.08. The van der Waals surface area contributed by atoms with Crippen molar-refractivity contribution in [2.24, 2.45) is 0 Å². The lowest BCUT2D eigenvalue weighted by molar-refractivity contribution is -0.00187. The summed E-state index contributed by atoms with van der Waals surface area (Å²) in [5.74, 6) is 0.404. The number of benzene rings is 2. The number of piperidine rings is 1. The molecule has 1 aliphatic heterocycles. The molecule has 1 saturated heterocycles. The number of hydrogen-bond donors (Lipinski definition) is 2. The molecule has 2 aromatic rings. The smallest absolute Gasteiger partial charge is 0.193 e. The van der Waals surface area contributed by atoms with Crippen LogP contribution >= 0.6 is 0 Å². The molecule has 0 atom stereocenters. The molecule has 0 aromatic heterocycles. The van der Waals surface area contributed by atoms with Crippen molar-refractivity contribution >= 4 is 5.78 Å². The summed E-state index contributed by atoms with van der Waals surface area (Å²) >= 11 is 0. The molecular weight excluding hydrogens is 334 g/mol. The van der Waals surface area contributed by atoms with Crippen LogP contribution in [0.25, 0.3) is 0 Å². The lowest BCUT2D eigenvalue weighted by Crippen LogP contribution is -2.33. The normalized spacial score (nSPS) is 20.3. The maximum Gasteiger partial charge on any atom is 0.193 e. The van der Waals surface area contributed by atoms with Crippen molar-refractivity contribution in [3.63, 3.8) is 0 Å². The second-order valence-corrected chi connectivity index (χ2v) is 8.08. The Balaban J connectivity index is 1.83. The van der Waals surface area contributed by atoms with Crippen LogP contribution in [0.4, 0.5) is 0 Å². The van der Waals surface area contributed by atoms with Crippen molar-refractivity contribution < 1.29 is 9.90 Å². The largest absolute Gasteiger partial charge is 0.385 e. The standard InChI is InChI=1S/C24H29NO2/c26-23(19-8-3-1-4-9-19)20-10-7-11-21(24(27)14-5-2-6-15-24)22(20)18-12-16-25-17-13-18/h1,3-4,7-11,18,25,27H,2,5-6,12-17H2. The molecular formula is C24H29NO2. The van der Waals surface area contributed by atoms with E-state index in [1.165, 1.54) is 6.42 Å². The van der Waals surface area contributed by atoms with Crippen LogP contribution in [-0.4, -0.2) is 24.0 Å². The molecule has 2 aliphatic rings. The van der Waals surface area contributed by atoms with Crippen molar-refractivity contribution in [2.75, 3.05) is 13.1 Å². The molecule has 3 heteroatoms. The van der Waals surface area contributed by atoms with Gasteiger partial charge in [0.1, 0.15) is 0 Å². The minimum Gasteiger partial charge on any atom is -0.385 e. The highest BCUT2D eigenvalue weighted by Crippen LogP contribution is 2.43. The van der Waals surface area contributed by atoms with E-state index in [-0.39, 0.29) is 5.78 Å². The van der Waals surface area contributed by atoms with Crippen molar-refractivity contribution in [3.8, 4) is 0 Å². The Morgan fingerprint density at radius 1 is 0.926 bits per heavy atom. The molecule has 0 radical (unpaired) electrons. The predicted molar refractivity (Wildman–Crippen MR) is 108 cm³/mol. The molecule has 2 N–H and O–H groups in total. The van der Waals surface area contributed by atoms with E-state index in [1.807, 2.05) is 42.5 Å². The summed E-state index contributed by atoms with van der Waals surface area (Å²) in [5, 5.41) is 14.9. The first-order chi connectivity index (χ1) is 13.2. The van der Waals surface area contributed by atoms with E-state index >= 15 is 0 Å². The van der Waals surface area contributed by atoms with E-state index in [2.05, 4.69) is 11.4 Å². The van der Waals surface area contributed by atoms with Crippen LogP contribution in [0.3, 0.4) is 0 Å². The van der Waals surface area contributed by atoms with Crippen LogP contribution < -0.4 is 5.32 Å². The maximum absolute atomic E-state index is 13.4. The molecule has 2 aromatic carbocycles. The average Bonchev–Trinajstić information content (AvgIpc) is 2.74. The number of hydrogen-bond acceptors (Lipinski definition) is 3. The molecule has 0 spiro atoms. The second kappa shape index (κ2) is 7.95. The van der Waals surface area contributed by atoms with Gasteiger partial charge in [0.2, 0.25) is 0 Å². The fraction of sp³-hybridized carbons (Fsp3) is 0.458. The topological polar surface area (TPSA) is 49.3 Å². The van der Waals surface area contributed by atoms with E-state index in [4.69, 9.17) is 0 Å². The molecule has 4 rings (SSSR count). The minimum absolute atomic E-state index is 0.0744. The van der Waals surface area contributed by atoms with Gasteiger partial charge in [-0.15, -0.1) is 0 Å². The number of ketones is 1. The van der Waals surface area contributed by atoms with E-state index in [1.54, 1.807) is 0 Å². The van der Waals surface area contributed by atoms with Gasteiger partial charge in [-0.05, 0) is 55.8 Å². The van der Waals surface area contributed by atoms with E-state index in [9.17, 15) is 9.90 Å². The zero-order chi connectivity index (χ0) is 18.7. The average molecular weight is 364 g/mol. The Morgan fingerprint density at radius 2 is 1.63 bits per heavy atom. The molecule has 0 bridgehead atoms. The van der Waals surface area contributed by atoms with Crippen molar-refractivity contribution in [1.82, 2.24) is 5.32 Å². The Morgan fingerprint density at radius 3 is 2.33 bits per heavy atom. The van der Waals surface area contributed by atoms with Crippen LogP contribution in [-0.2, 0) is 5.60 Å². The third-order valence-corrected chi connectivity index (χ3v) is 6.32. The number of carbonyl (C=O) groups excluding carboxylic acids is 1. The zero-order valence-electron chi connectivity index (χ0n) is 15.9. The molecule has 27 heavy (non-hydrogen) atoms. The summed E-state index contributed by atoms with van der Waals surface area (Å²) < 4.78 is 0. The van der Waals surface area contributed by atoms with Gasteiger partial charge in [-0.1, -0.05) is 67.8 Å². The number of rotatable bonds is 4. The van der Waals surface area contributed by atoms with Gasteiger partial charge in [0.25, 0.3) is 0 Å². The van der Waals surface area contributed by atoms with E-state index in [0.29, 0.717) is 5.92 Å². The Labute approximate surface area is 161 Å². The summed E-state index contributed by atoms with van der Waals surface area (Å²) in [6.07, 6.45) is 6.93. The summed E-state index contributed by atoms with van der Waals surface area (Å²) in [5.41, 5.74) is 2.84. The molecule has 1 aliphatic carbocycles. The van der Waals surface area contributed by atoms with Crippen LogP contribution in [0.2, 0.25) is 0 Å². The quantitative estimate of drug-likeness (QED) is 0.784. The molecule has 3 nitrogen and oxygen atoms in total. The van der Waals surface area contributed by atoms with Crippen molar-refractivity contribution in [3.05, 3.63) is 70.8 Å². The van der Waals surface area contributed by atoms with Crippen LogP contribution in [0.1, 0.15) is 77.9 Å². The highest BCUT2D eigenvalue weighted by molar-refractivity contribution is 6.10. The minimum atomic E-state index is -0.786. The fourth-order valence-electron chi connectivity index (χ4n) is 4.87. The highest BCUT2D eigenvalue weighted by Gasteiger charge is 2.36. The van der Waals surface area contributed by atoms with Gasteiger partial charge in [-0.2, -0.15) is 0 Å². The van der Waals surface area contributed by atoms with Crippen LogP contribution in [0.5, 0.6) is 0 Å². The first kappa shape index (κ1) is 18.4. The SMILES string of the molecule is O=C(c1ccccc1)c1cccc(C2(O)CCCCC2)c1C1CCNCC1. The summed E-state index contributed by atoms with van der Waals surface area (Å²) in [4.78, 5) is 13.4. The molecule has 1 saturated carbocycles. The van der Waals surface area contributed by atoms with Gasteiger partial charge >= 0.3 is 0 Å². The monoisotopic (exact) mass is 363 g/mol. The van der Waals surface area contributed by atoms with Gasteiger partial charge < -0.3 is 10.4 Å². The van der Waals surface area contributed by atoms with E-state index in [0.717, 1.165) is 73.9 Å². The zero-order valence-corrected chi connectivity index (χ0v) is 15.9.